The number of benzene rings is 2. The summed E-state index contributed by atoms with van der Waals surface area (Å²) in [6, 6.07) is 10.7. The molecule has 2 amide bonds. The van der Waals surface area contributed by atoms with E-state index in [9.17, 15) is 14.0 Å². The third-order valence-electron chi connectivity index (χ3n) is 6.02. The number of para-hydroxylation sites is 1. The van der Waals surface area contributed by atoms with Crippen molar-refractivity contribution in [3.8, 4) is 5.75 Å². The van der Waals surface area contributed by atoms with E-state index in [4.69, 9.17) is 16.3 Å². The number of carbonyl (C=O) groups excluding carboxylic acids is 2. The molecule has 2 aromatic rings. The lowest BCUT2D eigenvalue weighted by Crippen LogP contribution is -2.44. The van der Waals surface area contributed by atoms with Crippen molar-refractivity contribution in [2.75, 3.05) is 25.1 Å². The molecule has 0 N–H and O–H groups in total. The van der Waals surface area contributed by atoms with Gasteiger partial charge in [0.25, 0.3) is 5.91 Å². The third-order valence-corrected chi connectivity index (χ3v) is 6.33. The lowest BCUT2D eigenvalue weighted by molar-refractivity contribution is -0.126. The van der Waals surface area contributed by atoms with Gasteiger partial charge < -0.3 is 4.74 Å². The number of rotatable bonds is 3. The summed E-state index contributed by atoms with van der Waals surface area (Å²) in [5.74, 6) is -1.22. The van der Waals surface area contributed by atoms with Crippen LogP contribution >= 0.6 is 11.6 Å². The van der Waals surface area contributed by atoms with Gasteiger partial charge in [-0.15, -0.1) is 0 Å². The van der Waals surface area contributed by atoms with Crippen LogP contribution < -0.4 is 9.64 Å². The van der Waals surface area contributed by atoms with Crippen molar-refractivity contribution in [3.63, 3.8) is 0 Å². The second-order valence-electron chi connectivity index (χ2n) is 7.45. The van der Waals surface area contributed by atoms with Crippen molar-refractivity contribution in [2.45, 2.75) is 18.5 Å². The summed E-state index contributed by atoms with van der Waals surface area (Å²) >= 11 is 5.77. The predicted octanol–water partition coefficient (Wildman–Crippen LogP) is 3.02. The Morgan fingerprint density at radius 3 is 2.48 bits per heavy atom. The molecule has 3 atom stereocenters. The largest absolute Gasteiger partial charge is 0.496 e. The Morgan fingerprint density at radius 1 is 1.03 bits per heavy atom. The van der Waals surface area contributed by atoms with Crippen molar-refractivity contribution in [1.82, 2.24) is 10.0 Å². The smallest absolute Gasteiger partial charge is 0.253 e. The summed E-state index contributed by atoms with van der Waals surface area (Å²) in [5.41, 5.74) is 1.08. The van der Waals surface area contributed by atoms with E-state index in [1.165, 1.54) is 12.1 Å². The number of imide groups is 1. The Morgan fingerprint density at radius 2 is 1.76 bits per heavy atom. The first-order valence-electron chi connectivity index (χ1n) is 9.52. The minimum absolute atomic E-state index is 0.0503. The van der Waals surface area contributed by atoms with Gasteiger partial charge in [0.2, 0.25) is 5.91 Å². The van der Waals surface area contributed by atoms with Gasteiger partial charge in [-0.2, -0.15) is 0 Å². The van der Waals surface area contributed by atoms with Crippen LogP contribution in [0.3, 0.4) is 0 Å². The minimum atomic E-state index is -0.661. The Bertz CT molecular complexity index is 1020. The van der Waals surface area contributed by atoms with Gasteiger partial charge in [-0.25, -0.2) is 19.3 Å². The molecule has 0 saturated carbocycles. The van der Waals surface area contributed by atoms with E-state index in [1.807, 2.05) is 29.3 Å². The molecule has 150 valence electrons. The molecule has 3 fully saturated rings. The first-order valence-corrected chi connectivity index (χ1v) is 9.89. The highest BCUT2D eigenvalue weighted by Gasteiger charge is 2.63. The minimum Gasteiger partial charge on any atom is -0.496 e. The molecule has 3 saturated heterocycles. The molecule has 0 bridgehead atoms. The standard InChI is InChI=1S/C21H19ClFN3O3/c1-29-16-6-3-2-5-13(16)18-17-19(25-10-4-9-24(18)25)21(28)26(20(17)27)12-7-8-14(22)15(23)11-12/h2-3,5-8,11,17-19H,4,9-10H2,1H3/t17-,18+,19+/m0/s1. The number of amides is 2. The van der Waals surface area contributed by atoms with Crippen molar-refractivity contribution < 1.29 is 18.7 Å². The Balaban J connectivity index is 1.60. The molecule has 0 unspecified atom stereocenters. The number of methoxy groups -OCH3 is 1. The van der Waals surface area contributed by atoms with Gasteiger partial charge in [0, 0.05) is 18.7 Å². The fourth-order valence-electron chi connectivity index (χ4n) is 4.88. The summed E-state index contributed by atoms with van der Waals surface area (Å²) in [7, 11) is 1.59. The van der Waals surface area contributed by atoms with E-state index in [1.54, 1.807) is 7.11 Å². The monoisotopic (exact) mass is 415 g/mol. The number of hydrogen-bond donors (Lipinski definition) is 0. The van der Waals surface area contributed by atoms with Crippen LogP contribution in [0.5, 0.6) is 5.75 Å². The quantitative estimate of drug-likeness (QED) is 0.721. The number of hydrazine groups is 1. The number of hydrogen-bond acceptors (Lipinski definition) is 5. The van der Waals surface area contributed by atoms with Crippen molar-refractivity contribution in [1.29, 1.82) is 0 Å². The van der Waals surface area contributed by atoms with Crippen molar-refractivity contribution >= 4 is 29.1 Å². The van der Waals surface area contributed by atoms with Crippen LogP contribution in [0.15, 0.2) is 42.5 Å². The Hall–Kier alpha value is -2.48. The molecule has 3 aliphatic rings. The maximum absolute atomic E-state index is 14.0. The molecule has 29 heavy (non-hydrogen) atoms. The lowest BCUT2D eigenvalue weighted by Gasteiger charge is -2.30. The van der Waals surface area contributed by atoms with E-state index in [0.29, 0.717) is 12.3 Å². The molecular formula is C21H19ClFN3O3. The summed E-state index contributed by atoms with van der Waals surface area (Å²) in [6.07, 6.45) is 0.909. The van der Waals surface area contributed by atoms with Gasteiger partial charge in [-0.05, 0) is 30.7 Å². The molecule has 5 rings (SSSR count). The van der Waals surface area contributed by atoms with Crippen molar-refractivity contribution in [2.24, 2.45) is 5.92 Å². The van der Waals surface area contributed by atoms with Gasteiger partial charge >= 0.3 is 0 Å². The van der Waals surface area contributed by atoms with Gasteiger partial charge in [-0.1, -0.05) is 29.8 Å². The highest BCUT2D eigenvalue weighted by molar-refractivity contribution is 6.31. The number of nitrogens with zero attached hydrogens (tertiary/aromatic N) is 3. The summed E-state index contributed by atoms with van der Waals surface area (Å²) in [5, 5.41) is 4.06. The van der Waals surface area contributed by atoms with Crippen LogP contribution in [0, 0.1) is 11.7 Å². The lowest BCUT2D eigenvalue weighted by atomic mass is 9.89. The number of ether oxygens (including phenoxy) is 1. The molecule has 6 nitrogen and oxygen atoms in total. The number of fused-ring (bicyclic) bond motifs is 3. The van der Waals surface area contributed by atoms with E-state index in [-0.39, 0.29) is 28.6 Å². The highest BCUT2D eigenvalue weighted by Crippen LogP contribution is 2.50. The molecule has 0 spiro atoms. The maximum atomic E-state index is 14.0. The van der Waals surface area contributed by atoms with Gasteiger partial charge in [0.05, 0.1) is 29.8 Å². The average molecular weight is 416 g/mol. The zero-order valence-electron chi connectivity index (χ0n) is 15.7. The number of anilines is 1. The van der Waals surface area contributed by atoms with Gasteiger partial charge in [-0.3, -0.25) is 9.59 Å². The third kappa shape index (κ3) is 2.61. The first-order chi connectivity index (χ1) is 14.0. The van der Waals surface area contributed by atoms with Crippen LogP contribution in [-0.4, -0.2) is 48.1 Å². The first kappa shape index (κ1) is 18.5. The zero-order chi connectivity index (χ0) is 20.3. The van der Waals surface area contributed by atoms with Crippen LogP contribution in [0.25, 0.3) is 0 Å². The van der Waals surface area contributed by atoms with Crippen LogP contribution in [0.2, 0.25) is 5.02 Å². The fraction of sp³-hybridized carbons (Fsp3) is 0.333. The van der Waals surface area contributed by atoms with Crippen molar-refractivity contribution in [3.05, 3.63) is 58.9 Å². The molecule has 0 aromatic heterocycles. The fourth-order valence-corrected chi connectivity index (χ4v) is 4.99. The van der Waals surface area contributed by atoms with Gasteiger partial charge in [0.1, 0.15) is 17.6 Å². The molecule has 0 radical (unpaired) electrons. The second-order valence-corrected chi connectivity index (χ2v) is 7.85. The predicted molar refractivity (Wildman–Crippen MR) is 105 cm³/mol. The van der Waals surface area contributed by atoms with Crippen LogP contribution in [0.4, 0.5) is 10.1 Å². The topological polar surface area (TPSA) is 53.1 Å². The number of carbonyl (C=O) groups is 2. The van der Waals surface area contributed by atoms with E-state index in [2.05, 4.69) is 5.01 Å². The highest BCUT2D eigenvalue weighted by atomic mass is 35.5. The summed E-state index contributed by atoms with van der Waals surface area (Å²) in [6.45, 7) is 1.47. The number of halogens is 2. The molecule has 2 aromatic carbocycles. The van der Waals surface area contributed by atoms with Crippen LogP contribution in [0.1, 0.15) is 18.0 Å². The Labute approximate surface area is 172 Å². The van der Waals surface area contributed by atoms with E-state index >= 15 is 0 Å². The molecule has 0 aliphatic carbocycles. The van der Waals surface area contributed by atoms with Gasteiger partial charge in [0.15, 0.2) is 0 Å². The summed E-state index contributed by atoms with van der Waals surface area (Å²) in [4.78, 5) is 27.9. The van der Waals surface area contributed by atoms with Crippen LogP contribution in [-0.2, 0) is 9.59 Å². The average Bonchev–Trinajstić information content (AvgIpc) is 3.36. The van der Waals surface area contributed by atoms with E-state index < -0.39 is 17.8 Å². The molecule has 3 aliphatic heterocycles. The Kier molecular flexibility index (Phi) is 4.34. The molecular weight excluding hydrogens is 397 g/mol. The normalized spacial score (nSPS) is 26.9. The SMILES string of the molecule is COc1ccccc1[C@@H]1[C@@H]2C(=O)N(c3ccc(Cl)c(F)c3)C(=O)[C@@H]2N2CCCN12. The maximum Gasteiger partial charge on any atom is 0.253 e. The zero-order valence-corrected chi connectivity index (χ0v) is 16.5. The molecule has 3 heterocycles. The summed E-state index contributed by atoms with van der Waals surface area (Å²) < 4.78 is 19.6. The second kappa shape index (κ2) is 6.79. The van der Waals surface area contributed by atoms with E-state index in [0.717, 1.165) is 29.5 Å². The molecule has 8 heteroatoms.